The van der Waals surface area contributed by atoms with Gasteiger partial charge in [-0.15, -0.1) is 0 Å². The van der Waals surface area contributed by atoms with Crippen molar-refractivity contribution in [2.24, 2.45) is 7.05 Å². The molecule has 10 heteroatoms. The number of carbonyl (C=O) groups is 1. The minimum atomic E-state index is -3.17. The van der Waals surface area contributed by atoms with Gasteiger partial charge in [0.1, 0.15) is 17.1 Å². The average molecular weight is 426 g/mol. The summed E-state index contributed by atoms with van der Waals surface area (Å²) in [6.07, 6.45) is 1.31. The van der Waals surface area contributed by atoms with Gasteiger partial charge >= 0.3 is 0 Å². The Balaban J connectivity index is 0.00000155. The fourth-order valence-corrected chi connectivity index (χ4v) is 2.54. The highest BCUT2D eigenvalue weighted by molar-refractivity contribution is 6.04. The molecule has 0 radical (unpaired) electrons. The quantitative estimate of drug-likeness (QED) is 0.577. The van der Waals surface area contributed by atoms with Crippen LogP contribution in [-0.2, 0) is 13.0 Å². The Bertz CT molecular complexity index is 1040. The molecule has 0 atom stereocenters. The molecule has 0 fully saturated rings. The fraction of sp³-hybridized carbons (Fsp3) is 0.250. The minimum Gasteiger partial charge on any atom is -0.319 e. The van der Waals surface area contributed by atoms with E-state index in [-0.39, 0.29) is 16.9 Å². The van der Waals surface area contributed by atoms with Crippen LogP contribution in [0.15, 0.2) is 36.7 Å². The lowest BCUT2D eigenvalue weighted by molar-refractivity contribution is 0.0122. The van der Waals surface area contributed by atoms with Gasteiger partial charge in [-0.25, -0.2) is 13.2 Å². The Morgan fingerprint density at radius 3 is 2.13 bits per heavy atom. The summed E-state index contributed by atoms with van der Waals surface area (Å²) in [5, 5.41) is 5.77. The van der Waals surface area contributed by atoms with Crippen LogP contribution < -0.4 is 5.32 Å². The second-order valence-corrected chi connectivity index (χ2v) is 6.05. The first-order valence-electron chi connectivity index (χ1n) is 8.90. The second-order valence-electron chi connectivity index (χ2n) is 6.05. The number of aromatic nitrogens is 3. The van der Waals surface area contributed by atoms with Gasteiger partial charge in [-0.1, -0.05) is 19.9 Å². The molecule has 0 aliphatic carbocycles. The van der Waals surface area contributed by atoms with Gasteiger partial charge in [0, 0.05) is 19.5 Å². The summed E-state index contributed by atoms with van der Waals surface area (Å²) >= 11 is 0. The van der Waals surface area contributed by atoms with E-state index in [0.717, 1.165) is 18.2 Å². The molecular formula is C20H19F5N4O. The maximum absolute atomic E-state index is 14.4. The molecule has 1 aromatic carbocycles. The predicted octanol–water partition coefficient (Wildman–Crippen LogP) is 5.29. The third-order valence-corrected chi connectivity index (χ3v) is 3.92. The van der Waals surface area contributed by atoms with E-state index in [1.54, 1.807) is 0 Å². The molecule has 30 heavy (non-hydrogen) atoms. The number of pyridine rings is 1. The number of alkyl halides is 2. The van der Waals surface area contributed by atoms with E-state index in [4.69, 9.17) is 0 Å². The van der Waals surface area contributed by atoms with Crippen molar-refractivity contribution in [3.63, 3.8) is 0 Å². The van der Waals surface area contributed by atoms with Crippen molar-refractivity contribution in [1.82, 2.24) is 14.8 Å². The maximum Gasteiger partial charge on any atom is 0.288 e. The molecule has 1 amide bonds. The molecule has 0 unspecified atom stereocenters. The Hall–Kier alpha value is -3.30. The molecule has 0 saturated carbocycles. The molecule has 1 N–H and O–H groups in total. The maximum atomic E-state index is 14.4. The minimum absolute atomic E-state index is 0.222. The van der Waals surface area contributed by atoms with E-state index >= 15 is 0 Å². The lowest BCUT2D eigenvalue weighted by Gasteiger charge is -2.09. The number of hydrogen-bond acceptors (Lipinski definition) is 3. The molecule has 3 aromatic rings. The van der Waals surface area contributed by atoms with Gasteiger partial charge in [-0.05, 0) is 18.2 Å². The third kappa shape index (κ3) is 4.81. The van der Waals surface area contributed by atoms with Crippen LogP contribution in [0.25, 0.3) is 11.3 Å². The summed E-state index contributed by atoms with van der Waals surface area (Å²) in [6.45, 7) is 4.69. The largest absolute Gasteiger partial charge is 0.319 e. The first kappa shape index (κ1) is 23.0. The highest BCUT2D eigenvalue weighted by Gasteiger charge is 2.29. The Morgan fingerprint density at radius 1 is 1.03 bits per heavy atom. The SMILES string of the molecule is CC.Cn1nc(C(C)(F)F)cc1-c1ccc(NC(=O)c2c(F)cncc2F)c(F)c1. The normalized spacial score (nSPS) is 11.0. The zero-order valence-corrected chi connectivity index (χ0v) is 16.6. The van der Waals surface area contributed by atoms with Crippen molar-refractivity contribution >= 4 is 11.6 Å². The van der Waals surface area contributed by atoms with E-state index < -0.39 is 40.5 Å². The number of hydrogen-bond donors (Lipinski definition) is 1. The summed E-state index contributed by atoms with van der Waals surface area (Å²) < 4.78 is 69.6. The number of benzene rings is 1. The predicted molar refractivity (Wildman–Crippen MR) is 102 cm³/mol. The molecule has 0 bridgehead atoms. The van der Waals surface area contributed by atoms with Crippen LogP contribution in [0.2, 0.25) is 0 Å². The van der Waals surface area contributed by atoms with E-state index in [2.05, 4.69) is 15.4 Å². The molecular weight excluding hydrogens is 407 g/mol. The van der Waals surface area contributed by atoms with Gasteiger partial charge in [0.15, 0.2) is 11.6 Å². The van der Waals surface area contributed by atoms with Gasteiger partial charge in [-0.3, -0.25) is 14.5 Å². The number of amides is 1. The molecule has 160 valence electrons. The Labute approximate surface area is 169 Å². The molecule has 0 spiro atoms. The van der Waals surface area contributed by atoms with Crippen molar-refractivity contribution in [2.45, 2.75) is 26.7 Å². The van der Waals surface area contributed by atoms with Crippen LogP contribution in [0.4, 0.5) is 27.6 Å². The van der Waals surface area contributed by atoms with E-state index in [9.17, 15) is 26.7 Å². The van der Waals surface area contributed by atoms with E-state index in [1.165, 1.54) is 17.8 Å². The molecule has 2 heterocycles. The summed E-state index contributed by atoms with van der Waals surface area (Å²) in [5.41, 5.74) is -1.28. The van der Waals surface area contributed by atoms with Gasteiger partial charge in [0.25, 0.3) is 11.8 Å². The smallest absolute Gasteiger partial charge is 0.288 e. The summed E-state index contributed by atoms with van der Waals surface area (Å²) in [6, 6.07) is 4.61. The monoisotopic (exact) mass is 426 g/mol. The molecule has 0 saturated heterocycles. The number of anilines is 1. The fourth-order valence-electron chi connectivity index (χ4n) is 2.54. The zero-order valence-electron chi connectivity index (χ0n) is 16.6. The number of halogens is 5. The van der Waals surface area contributed by atoms with Crippen LogP contribution in [0.3, 0.4) is 0 Å². The lowest BCUT2D eigenvalue weighted by atomic mass is 10.1. The van der Waals surface area contributed by atoms with Crippen LogP contribution in [0, 0.1) is 17.5 Å². The van der Waals surface area contributed by atoms with Crippen molar-refractivity contribution in [3.05, 3.63) is 65.4 Å². The highest BCUT2D eigenvalue weighted by Crippen LogP contribution is 2.31. The first-order valence-corrected chi connectivity index (χ1v) is 8.90. The van der Waals surface area contributed by atoms with Crippen molar-refractivity contribution in [2.75, 3.05) is 5.32 Å². The molecule has 0 aliphatic heterocycles. The summed E-state index contributed by atoms with van der Waals surface area (Å²) in [4.78, 5) is 15.3. The molecule has 3 rings (SSSR count). The number of nitrogens with zero attached hydrogens (tertiary/aromatic N) is 3. The number of carbonyl (C=O) groups excluding carboxylic acids is 1. The number of nitrogens with one attached hydrogen (secondary N) is 1. The van der Waals surface area contributed by atoms with Crippen LogP contribution in [-0.4, -0.2) is 20.7 Å². The van der Waals surface area contributed by atoms with Crippen LogP contribution in [0.1, 0.15) is 36.8 Å². The van der Waals surface area contributed by atoms with Gasteiger partial charge in [0.2, 0.25) is 0 Å². The second kappa shape index (κ2) is 9.02. The summed E-state index contributed by atoms with van der Waals surface area (Å²) in [7, 11) is 1.42. The van der Waals surface area contributed by atoms with Gasteiger partial charge in [0.05, 0.1) is 23.8 Å². The standard InChI is InChI=1S/C18H13F5N4O.C2H6/c1-18(22,23)15-6-14(27(2)26-15)9-3-4-13(10(19)5-9)25-17(28)16-11(20)7-24-8-12(16)21;1-2/h3-8H,1-2H3,(H,25,28);1-2H3. The topological polar surface area (TPSA) is 59.8 Å². The van der Waals surface area contributed by atoms with Crippen LogP contribution >= 0.6 is 0 Å². The third-order valence-electron chi connectivity index (χ3n) is 3.92. The van der Waals surface area contributed by atoms with E-state index in [0.29, 0.717) is 19.3 Å². The average Bonchev–Trinajstić information content (AvgIpc) is 3.07. The summed E-state index contributed by atoms with van der Waals surface area (Å²) in [5.74, 6) is -7.68. The van der Waals surface area contributed by atoms with Crippen LogP contribution in [0.5, 0.6) is 0 Å². The van der Waals surface area contributed by atoms with Gasteiger partial charge in [-0.2, -0.15) is 13.9 Å². The molecule has 5 nitrogen and oxygen atoms in total. The van der Waals surface area contributed by atoms with Crippen molar-refractivity contribution in [1.29, 1.82) is 0 Å². The van der Waals surface area contributed by atoms with Gasteiger partial charge < -0.3 is 5.32 Å². The molecule has 2 aromatic heterocycles. The Kier molecular flexibility index (Phi) is 6.91. The first-order chi connectivity index (χ1) is 14.1. The van der Waals surface area contributed by atoms with E-state index in [1.807, 2.05) is 13.8 Å². The zero-order chi connectivity index (χ0) is 22.6. The molecule has 0 aliphatic rings. The lowest BCUT2D eigenvalue weighted by Crippen LogP contribution is -2.17. The number of aryl methyl sites for hydroxylation is 1. The highest BCUT2D eigenvalue weighted by atomic mass is 19.3. The van der Waals surface area contributed by atoms with Crippen molar-refractivity contribution in [3.8, 4) is 11.3 Å². The number of rotatable bonds is 4. The Morgan fingerprint density at radius 2 is 1.63 bits per heavy atom. The van der Waals surface area contributed by atoms with Crippen molar-refractivity contribution < 1.29 is 26.7 Å².